The molecule has 0 saturated heterocycles. The molecule has 0 bridgehead atoms. The van der Waals surface area contributed by atoms with E-state index in [0.717, 1.165) is 12.1 Å². The number of aromatic nitrogens is 1. The molecular formula is C19H20F3NO3S. The van der Waals surface area contributed by atoms with Gasteiger partial charge in [-0.3, -0.25) is 4.98 Å². The summed E-state index contributed by atoms with van der Waals surface area (Å²) in [7, 11) is -2.64. The van der Waals surface area contributed by atoms with Gasteiger partial charge < -0.3 is 4.74 Å². The minimum absolute atomic E-state index is 0.210. The van der Waals surface area contributed by atoms with Gasteiger partial charge in [0, 0.05) is 19.0 Å². The molecule has 1 aromatic carbocycles. The normalized spacial score (nSPS) is 20.8. The van der Waals surface area contributed by atoms with Crippen LogP contribution in [0, 0.1) is 6.92 Å². The van der Waals surface area contributed by atoms with E-state index in [1.165, 1.54) is 19.4 Å². The van der Waals surface area contributed by atoms with Crippen LogP contribution in [0.15, 0.2) is 41.4 Å². The van der Waals surface area contributed by atoms with Gasteiger partial charge >= 0.3 is 6.18 Å². The van der Waals surface area contributed by atoms with Crippen molar-refractivity contribution in [2.45, 2.75) is 48.6 Å². The summed E-state index contributed by atoms with van der Waals surface area (Å²) in [5, 5.41) is -0.863. The molecule has 1 heterocycles. The number of hydrogen-bond acceptors (Lipinski definition) is 4. The summed E-state index contributed by atoms with van der Waals surface area (Å²) in [5.41, 5.74) is 0.384. The fraction of sp³-hybridized carbons (Fsp3) is 0.421. The largest absolute Gasteiger partial charge is 0.417 e. The molecule has 1 aliphatic carbocycles. The molecule has 0 unspecified atom stereocenters. The van der Waals surface area contributed by atoms with Crippen LogP contribution in [-0.4, -0.2) is 31.9 Å². The highest BCUT2D eigenvalue weighted by atomic mass is 32.2. The number of pyridine rings is 1. The van der Waals surface area contributed by atoms with E-state index in [1.807, 2.05) is 0 Å². The molecule has 2 atom stereocenters. The molecule has 146 valence electrons. The summed E-state index contributed by atoms with van der Waals surface area (Å²) in [6, 6.07) is 6.65. The molecule has 1 saturated carbocycles. The third kappa shape index (κ3) is 4.01. The molecule has 1 aromatic heterocycles. The van der Waals surface area contributed by atoms with Crippen molar-refractivity contribution in [3.8, 4) is 11.1 Å². The van der Waals surface area contributed by atoms with Crippen molar-refractivity contribution in [1.82, 2.24) is 4.98 Å². The Labute approximate surface area is 156 Å². The second-order valence-corrected chi connectivity index (χ2v) is 8.93. The van der Waals surface area contributed by atoms with E-state index in [-0.39, 0.29) is 12.5 Å². The summed E-state index contributed by atoms with van der Waals surface area (Å²) in [6.45, 7) is 1.74. The van der Waals surface area contributed by atoms with E-state index < -0.39 is 31.7 Å². The molecule has 2 aromatic rings. The van der Waals surface area contributed by atoms with Crippen molar-refractivity contribution >= 4 is 9.84 Å². The Morgan fingerprint density at radius 1 is 1.11 bits per heavy atom. The number of aryl methyl sites for hydroxylation is 1. The van der Waals surface area contributed by atoms with Gasteiger partial charge in [0.2, 0.25) is 0 Å². The first-order valence-corrected chi connectivity index (χ1v) is 10.1. The monoisotopic (exact) mass is 399 g/mol. The van der Waals surface area contributed by atoms with Crippen LogP contribution >= 0.6 is 0 Å². The van der Waals surface area contributed by atoms with Crippen LogP contribution < -0.4 is 0 Å². The molecule has 3 rings (SSSR count). The predicted molar refractivity (Wildman–Crippen MR) is 95.0 cm³/mol. The smallest absolute Gasteiger partial charge is 0.381 e. The maximum atomic E-state index is 13.7. The Hall–Kier alpha value is -1.93. The molecule has 8 heteroatoms. The van der Waals surface area contributed by atoms with Crippen molar-refractivity contribution in [3.05, 3.63) is 47.8 Å². The van der Waals surface area contributed by atoms with Gasteiger partial charge in [0.15, 0.2) is 9.84 Å². The van der Waals surface area contributed by atoms with Gasteiger partial charge in [0.05, 0.1) is 21.8 Å². The van der Waals surface area contributed by atoms with E-state index in [4.69, 9.17) is 4.74 Å². The molecule has 0 aliphatic heterocycles. The number of halogens is 3. The Morgan fingerprint density at radius 3 is 2.41 bits per heavy atom. The van der Waals surface area contributed by atoms with Gasteiger partial charge in [-0.2, -0.15) is 13.2 Å². The van der Waals surface area contributed by atoms with E-state index in [1.54, 1.807) is 19.1 Å². The van der Waals surface area contributed by atoms with Gasteiger partial charge in [0.25, 0.3) is 0 Å². The fourth-order valence-corrected chi connectivity index (χ4v) is 5.49. The molecule has 27 heavy (non-hydrogen) atoms. The van der Waals surface area contributed by atoms with E-state index in [9.17, 15) is 21.6 Å². The topological polar surface area (TPSA) is 56.3 Å². The van der Waals surface area contributed by atoms with Crippen LogP contribution in [0.4, 0.5) is 13.2 Å². The van der Waals surface area contributed by atoms with Crippen LogP contribution in [-0.2, 0) is 20.8 Å². The lowest BCUT2D eigenvalue weighted by atomic mass is 10.0. The zero-order valence-corrected chi connectivity index (χ0v) is 15.8. The third-order valence-corrected chi connectivity index (χ3v) is 7.20. The van der Waals surface area contributed by atoms with Crippen molar-refractivity contribution in [1.29, 1.82) is 0 Å². The second kappa shape index (κ2) is 7.24. The van der Waals surface area contributed by atoms with Crippen molar-refractivity contribution in [2.24, 2.45) is 0 Å². The number of hydrogen-bond donors (Lipinski definition) is 0. The van der Waals surface area contributed by atoms with Gasteiger partial charge in [0.1, 0.15) is 0 Å². The first-order valence-electron chi connectivity index (χ1n) is 8.54. The Kier molecular flexibility index (Phi) is 5.31. The van der Waals surface area contributed by atoms with E-state index >= 15 is 0 Å². The van der Waals surface area contributed by atoms with Crippen LogP contribution in [0.1, 0.15) is 30.5 Å². The molecule has 0 radical (unpaired) electrons. The molecule has 1 aliphatic rings. The maximum absolute atomic E-state index is 13.7. The number of alkyl halides is 3. The number of methoxy groups -OCH3 is 1. The minimum atomic E-state index is -4.78. The zero-order chi connectivity index (χ0) is 19.8. The Bertz CT molecular complexity index is 941. The molecular weight excluding hydrogens is 379 g/mol. The molecule has 4 nitrogen and oxygen atoms in total. The molecule has 0 amide bonds. The number of ether oxygens (including phenoxy) is 1. The summed E-state index contributed by atoms with van der Waals surface area (Å²) in [6.07, 6.45) is -2.48. The van der Waals surface area contributed by atoms with Crippen molar-refractivity contribution in [2.75, 3.05) is 7.11 Å². The fourth-order valence-electron chi connectivity index (χ4n) is 3.48. The average Bonchev–Trinajstić information content (AvgIpc) is 3.10. The van der Waals surface area contributed by atoms with Crippen LogP contribution in [0.5, 0.6) is 0 Å². The van der Waals surface area contributed by atoms with Crippen LogP contribution in [0.3, 0.4) is 0 Å². The number of sulfone groups is 1. The summed E-state index contributed by atoms with van der Waals surface area (Å²) in [4.78, 5) is 3.37. The average molecular weight is 399 g/mol. The highest BCUT2D eigenvalue weighted by Crippen LogP contribution is 2.40. The first-order chi connectivity index (χ1) is 12.6. The number of benzene rings is 1. The standard InChI is InChI=1S/C19H20F3NO3S/c1-12-9-14(7-8-23-12)13-3-6-18(17(10-13)19(20,21)22)27(24,25)16-5-4-15(11-16)26-2/h3,6-10,15-16H,4-5,11H2,1-2H3/t15-,16-/m1/s1. The van der Waals surface area contributed by atoms with Gasteiger partial charge in [-0.25, -0.2) is 8.42 Å². The zero-order valence-electron chi connectivity index (χ0n) is 15.0. The summed E-state index contributed by atoms with van der Waals surface area (Å²) in [5.74, 6) is 0. The summed E-state index contributed by atoms with van der Waals surface area (Å²) >= 11 is 0. The lowest BCUT2D eigenvalue weighted by Crippen LogP contribution is -2.23. The molecule has 1 fully saturated rings. The lowest BCUT2D eigenvalue weighted by molar-refractivity contribution is -0.139. The van der Waals surface area contributed by atoms with Crippen molar-refractivity contribution in [3.63, 3.8) is 0 Å². The van der Waals surface area contributed by atoms with Crippen LogP contribution in [0.2, 0.25) is 0 Å². The minimum Gasteiger partial charge on any atom is -0.381 e. The predicted octanol–water partition coefficient (Wildman–Crippen LogP) is 4.42. The SMILES string of the molecule is CO[C@@H]1CC[C@@H](S(=O)(=O)c2ccc(-c3ccnc(C)c3)cc2C(F)(F)F)C1. The molecule has 0 N–H and O–H groups in total. The van der Waals surface area contributed by atoms with E-state index in [0.29, 0.717) is 29.7 Å². The highest BCUT2D eigenvalue weighted by Gasteiger charge is 2.42. The third-order valence-electron chi connectivity index (χ3n) is 4.93. The lowest BCUT2D eigenvalue weighted by Gasteiger charge is -2.18. The van der Waals surface area contributed by atoms with E-state index in [2.05, 4.69) is 4.98 Å². The van der Waals surface area contributed by atoms with Gasteiger partial charge in [-0.05, 0) is 61.6 Å². The van der Waals surface area contributed by atoms with Crippen molar-refractivity contribution < 1.29 is 26.3 Å². The first kappa shape index (κ1) is 19.8. The quantitative estimate of drug-likeness (QED) is 0.764. The Balaban J connectivity index is 2.08. The number of rotatable bonds is 4. The Morgan fingerprint density at radius 2 is 1.81 bits per heavy atom. The maximum Gasteiger partial charge on any atom is 0.417 e. The summed E-state index contributed by atoms with van der Waals surface area (Å²) < 4.78 is 72.0. The van der Waals surface area contributed by atoms with Gasteiger partial charge in [-0.1, -0.05) is 6.07 Å². The highest BCUT2D eigenvalue weighted by molar-refractivity contribution is 7.92. The van der Waals surface area contributed by atoms with Crippen LogP contribution in [0.25, 0.3) is 11.1 Å². The van der Waals surface area contributed by atoms with Gasteiger partial charge in [-0.15, -0.1) is 0 Å². The second-order valence-electron chi connectivity index (χ2n) is 6.73. The molecule has 0 spiro atoms. The number of nitrogens with zero attached hydrogens (tertiary/aromatic N) is 1.